The number of carbonyl (C=O) groups is 1. The number of carbonyl (C=O) groups excluding carboxylic acids is 1. The zero-order valence-corrected chi connectivity index (χ0v) is 14.2. The van der Waals surface area contributed by atoms with E-state index < -0.39 is 0 Å². The van der Waals surface area contributed by atoms with Gasteiger partial charge in [0.25, 0.3) is 5.91 Å². The SMILES string of the molecule is Cc1cc(NC(=O)c2ccc(F)cc2I)ccc1N(C)C. The molecule has 0 heterocycles. The first-order valence-electron chi connectivity index (χ1n) is 6.43. The van der Waals surface area contributed by atoms with Crippen molar-refractivity contribution in [2.24, 2.45) is 0 Å². The minimum atomic E-state index is -0.345. The molecule has 0 atom stereocenters. The first-order chi connectivity index (χ1) is 9.88. The van der Waals surface area contributed by atoms with Crippen LogP contribution in [0.15, 0.2) is 36.4 Å². The van der Waals surface area contributed by atoms with Crippen molar-refractivity contribution in [3.05, 3.63) is 56.9 Å². The zero-order chi connectivity index (χ0) is 15.6. The molecule has 21 heavy (non-hydrogen) atoms. The van der Waals surface area contributed by atoms with Crippen molar-refractivity contribution in [3.63, 3.8) is 0 Å². The van der Waals surface area contributed by atoms with Crippen molar-refractivity contribution in [2.45, 2.75) is 6.92 Å². The molecule has 0 radical (unpaired) electrons. The van der Waals surface area contributed by atoms with Gasteiger partial charge in [-0.15, -0.1) is 0 Å². The summed E-state index contributed by atoms with van der Waals surface area (Å²) in [5.74, 6) is -0.585. The van der Waals surface area contributed by atoms with Gasteiger partial charge in [0.1, 0.15) is 5.82 Å². The van der Waals surface area contributed by atoms with Crippen LogP contribution >= 0.6 is 22.6 Å². The second kappa shape index (κ2) is 6.43. The fourth-order valence-corrected chi connectivity index (χ4v) is 2.83. The van der Waals surface area contributed by atoms with Gasteiger partial charge in [0.15, 0.2) is 0 Å². The highest BCUT2D eigenvalue weighted by molar-refractivity contribution is 14.1. The lowest BCUT2D eigenvalue weighted by atomic mass is 10.1. The van der Waals surface area contributed by atoms with Gasteiger partial charge in [-0.05, 0) is 71.5 Å². The number of aryl methyl sites for hydroxylation is 1. The molecule has 3 nitrogen and oxygen atoms in total. The Morgan fingerprint density at radius 3 is 2.48 bits per heavy atom. The fraction of sp³-hybridized carbons (Fsp3) is 0.188. The summed E-state index contributed by atoms with van der Waals surface area (Å²) in [5.41, 5.74) is 3.37. The van der Waals surface area contributed by atoms with Crippen molar-refractivity contribution >= 4 is 39.9 Å². The Bertz CT molecular complexity index is 686. The molecule has 1 amide bonds. The van der Waals surface area contributed by atoms with Gasteiger partial charge in [-0.2, -0.15) is 0 Å². The summed E-state index contributed by atoms with van der Waals surface area (Å²) in [6.45, 7) is 1.99. The monoisotopic (exact) mass is 398 g/mol. The lowest BCUT2D eigenvalue weighted by Crippen LogP contribution is -2.14. The molecule has 0 aliphatic heterocycles. The van der Waals surface area contributed by atoms with E-state index in [1.165, 1.54) is 18.2 Å². The van der Waals surface area contributed by atoms with Crippen LogP contribution in [0.1, 0.15) is 15.9 Å². The highest BCUT2D eigenvalue weighted by Gasteiger charge is 2.11. The predicted molar refractivity (Wildman–Crippen MR) is 92.6 cm³/mol. The molecule has 0 unspecified atom stereocenters. The summed E-state index contributed by atoms with van der Waals surface area (Å²) in [6.07, 6.45) is 0. The lowest BCUT2D eigenvalue weighted by Gasteiger charge is -2.16. The van der Waals surface area contributed by atoms with Crippen LogP contribution in [0.3, 0.4) is 0 Å². The van der Waals surface area contributed by atoms with Gasteiger partial charge < -0.3 is 10.2 Å². The second-order valence-corrected chi connectivity index (χ2v) is 6.14. The molecule has 110 valence electrons. The van der Waals surface area contributed by atoms with Crippen LogP contribution in [0, 0.1) is 16.3 Å². The number of amides is 1. The molecule has 0 saturated carbocycles. The van der Waals surface area contributed by atoms with E-state index in [2.05, 4.69) is 5.32 Å². The van der Waals surface area contributed by atoms with Crippen LogP contribution in [0.4, 0.5) is 15.8 Å². The van der Waals surface area contributed by atoms with Crippen LogP contribution in [0.2, 0.25) is 0 Å². The minimum Gasteiger partial charge on any atom is -0.377 e. The number of nitrogens with one attached hydrogen (secondary N) is 1. The van der Waals surface area contributed by atoms with E-state index in [1.54, 1.807) is 0 Å². The van der Waals surface area contributed by atoms with E-state index >= 15 is 0 Å². The van der Waals surface area contributed by atoms with Crippen LogP contribution in [0.5, 0.6) is 0 Å². The number of rotatable bonds is 3. The van der Waals surface area contributed by atoms with E-state index in [0.717, 1.165) is 16.9 Å². The molecule has 0 aliphatic carbocycles. The van der Waals surface area contributed by atoms with Gasteiger partial charge in [0.05, 0.1) is 5.56 Å². The molecule has 2 rings (SSSR count). The Kier molecular flexibility index (Phi) is 4.82. The van der Waals surface area contributed by atoms with Crippen molar-refractivity contribution < 1.29 is 9.18 Å². The molecule has 0 bridgehead atoms. The lowest BCUT2D eigenvalue weighted by molar-refractivity contribution is 0.102. The first kappa shape index (κ1) is 15.8. The maximum atomic E-state index is 13.1. The van der Waals surface area contributed by atoms with Crippen molar-refractivity contribution in [1.82, 2.24) is 0 Å². The van der Waals surface area contributed by atoms with Crippen LogP contribution in [-0.4, -0.2) is 20.0 Å². The number of hydrogen-bond donors (Lipinski definition) is 1. The topological polar surface area (TPSA) is 32.3 Å². The fourth-order valence-electron chi connectivity index (χ4n) is 2.11. The quantitative estimate of drug-likeness (QED) is 0.792. The molecule has 2 aromatic carbocycles. The summed E-state index contributed by atoms with van der Waals surface area (Å²) >= 11 is 1.96. The van der Waals surface area contributed by atoms with Gasteiger partial charge in [0.2, 0.25) is 0 Å². The van der Waals surface area contributed by atoms with Crippen LogP contribution in [-0.2, 0) is 0 Å². The average molecular weight is 398 g/mol. The molecule has 5 heteroatoms. The third-order valence-corrected chi connectivity index (χ3v) is 4.00. The summed E-state index contributed by atoms with van der Waals surface area (Å²) in [7, 11) is 3.95. The zero-order valence-electron chi connectivity index (χ0n) is 12.1. The maximum absolute atomic E-state index is 13.1. The number of nitrogens with zero attached hydrogens (tertiary/aromatic N) is 1. The summed E-state index contributed by atoms with van der Waals surface area (Å²) in [6, 6.07) is 9.86. The molecule has 0 fully saturated rings. The molecule has 1 N–H and O–H groups in total. The molecule has 2 aromatic rings. The smallest absolute Gasteiger partial charge is 0.256 e. The standard InChI is InChI=1S/C16H16FIN2O/c1-10-8-12(5-7-15(10)20(2)3)19-16(21)13-6-4-11(17)9-14(13)18/h4-9H,1-3H3,(H,19,21). The molecule has 0 spiro atoms. The first-order valence-corrected chi connectivity index (χ1v) is 7.50. The van der Waals surface area contributed by atoms with Gasteiger partial charge in [0, 0.05) is 29.0 Å². The van der Waals surface area contributed by atoms with Gasteiger partial charge in [-0.3, -0.25) is 4.79 Å². The maximum Gasteiger partial charge on any atom is 0.256 e. The summed E-state index contributed by atoms with van der Waals surface area (Å²) < 4.78 is 13.7. The Balaban J connectivity index is 2.22. The van der Waals surface area contributed by atoms with E-state index in [-0.39, 0.29) is 11.7 Å². The Morgan fingerprint density at radius 1 is 1.19 bits per heavy atom. The molecular formula is C16H16FIN2O. The summed E-state index contributed by atoms with van der Waals surface area (Å²) in [5, 5.41) is 2.84. The summed E-state index contributed by atoms with van der Waals surface area (Å²) in [4.78, 5) is 14.2. The third kappa shape index (κ3) is 3.72. The molecular weight excluding hydrogens is 382 g/mol. The highest BCUT2D eigenvalue weighted by Crippen LogP contribution is 2.23. The molecule has 0 aliphatic rings. The Labute approximate surface area is 137 Å². The van der Waals surface area contributed by atoms with Crippen LogP contribution < -0.4 is 10.2 Å². The minimum absolute atomic E-state index is 0.239. The average Bonchev–Trinajstić information content (AvgIpc) is 2.37. The van der Waals surface area contributed by atoms with Crippen molar-refractivity contribution in [2.75, 3.05) is 24.3 Å². The number of benzene rings is 2. The van der Waals surface area contributed by atoms with E-state index in [1.807, 2.05) is 66.7 Å². The Hall–Kier alpha value is -1.63. The van der Waals surface area contributed by atoms with Gasteiger partial charge in [-0.1, -0.05) is 0 Å². The number of halogens is 2. The van der Waals surface area contributed by atoms with E-state index in [0.29, 0.717) is 9.13 Å². The van der Waals surface area contributed by atoms with Crippen LogP contribution in [0.25, 0.3) is 0 Å². The van der Waals surface area contributed by atoms with Gasteiger partial charge >= 0.3 is 0 Å². The molecule has 0 aromatic heterocycles. The normalized spacial score (nSPS) is 10.3. The number of hydrogen-bond acceptors (Lipinski definition) is 2. The Morgan fingerprint density at radius 2 is 1.90 bits per heavy atom. The van der Waals surface area contributed by atoms with Crippen molar-refractivity contribution in [3.8, 4) is 0 Å². The third-order valence-electron chi connectivity index (χ3n) is 3.11. The van der Waals surface area contributed by atoms with E-state index in [9.17, 15) is 9.18 Å². The largest absolute Gasteiger partial charge is 0.377 e. The van der Waals surface area contributed by atoms with E-state index in [4.69, 9.17) is 0 Å². The van der Waals surface area contributed by atoms with Gasteiger partial charge in [-0.25, -0.2) is 4.39 Å². The second-order valence-electron chi connectivity index (χ2n) is 4.97. The number of anilines is 2. The molecule has 0 saturated heterocycles. The predicted octanol–water partition coefficient (Wildman–Crippen LogP) is 4.06. The highest BCUT2D eigenvalue weighted by atomic mass is 127. The van der Waals surface area contributed by atoms with Crippen molar-refractivity contribution in [1.29, 1.82) is 0 Å².